The van der Waals surface area contributed by atoms with E-state index in [1.807, 2.05) is 6.07 Å². The Morgan fingerprint density at radius 2 is 1.96 bits per heavy atom. The summed E-state index contributed by atoms with van der Waals surface area (Å²) in [6.45, 7) is 7.54. The van der Waals surface area contributed by atoms with Crippen LogP contribution in [0.25, 0.3) is 0 Å². The Bertz CT molecular complexity index is 678. The van der Waals surface area contributed by atoms with Crippen LogP contribution >= 0.6 is 0 Å². The van der Waals surface area contributed by atoms with E-state index < -0.39 is 14.6 Å². The van der Waals surface area contributed by atoms with E-state index in [0.29, 0.717) is 12.5 Å². The molecular weight excluding hydrogens is 334 g/mol. The Labute approximate surface area is 152 Å². The van der Waals surface area contributed by atoms with Gasteiger partial charge in [0.1, 0.15) is 0 Å². The standard InChI is InChI=1S/C19H31N3O2S/c1-19(2,3)25(23,24)13-11-21-18(20-4)22-12-10-17(15-22)14-16-8-6-5-7-9-16/h5-9,17H,10-15H2,1-4H3,(H,20,21). The lowest BCUT2D eigenvalue weighted by molar-refractivity contribution is 0.461. The van der Waals surface area contributed by atoms with Crippen molar-refractivity contribution in [1.82, 2.24) is 10.2 Å². The van der Waals surface area contributed by atoms with Gasteiger partial charge in [0.05, 0.1) is 10.5 Å². The highest BCUT2D eigenvalue weighted by Gasteiger charge is 2.29. The first-order valence-corrected chi connectivity index (χ1v) is 10.6. The van der Waals surface area contributed by atoms with Crippen LogP contribution in [0.1, 0.15) is 32.8 Å². The molecule has 0 bridgehead atoms. The number of benzene rings is 1. The number of aliphatic imine (C=N–C) groups is 1. The van der Waals surface area contributed by atoms with Gasteiger partial charge >= 0.3 is 0 Å². The fourth-order valence-electron chi connectivity index (χ4n) is 3.07. The van der Waals surface area contributed by atoms with E-state index in [2.05, 4.69) is 39.5 Å². The first-order chi connectivity index (χ1) is 11.7. The highest BCUT2D eigenvalue weighted by atomic mass is 32.2. The Balaban J connectivity index is 1.84. The van der Waals surface area contributed by atoms with Gasteiger partial charge in [0.25, 0.3) is 0 Å². The Hall–Kier alpha value is -1.56. The summed E-state index contributed by atoms with van der Waals surface area (Å²) >= 11 is 0. The Kier molecular flexibility index (Phi) is 6.49. The molecule has 140 valence electrons. The summed E-state index contributed by atoms with van der Waals surface area (Å²) in [5.74, 6) is 1.54. The molecule has 6 heteroatoms. The number of nitrogens with one attached hydrogen (secondary N) is 1. The van der Waals surface area contributed by atoms with Crippen molar-refractivity contribution in [2.75, 3.05) is 32.4 Å². The summed E-state index contributed by atoms with van der Waals surface area (Å²) in [6, 6.07) is 10.6. The van der Waals surface area contributed by atoms with Crippen LogP contribution < -0.4 is 5.32 Å². The van der Waals surface area contributed by atoms with Gasteiger partial charge in [-0.05, 0) is 45.1 Å². The maximum absolute atomic E-state index is 12.2. The van der Waals surface area contributed by atoms with Gasteiger partial charge in [-0.25, -0.2) is 8.42 Å². The van der Waals surface area contributed by atoms with Gasteiger partial charge in [-0.2, -0.15) is 0 Å². The van der Waals surface area contributed by atoms with E-state index >= 15 is 0 Å². The number of hydrogen-bond donors (Lipinski definition) is 1. The van der Waals surface area contributed by atoms with E-state index in [1.165, 1.54) is 5.56 Å². The van der Waals surface area contributed by atoms with Gasteiger partial charge in [-0.1, -0.05) is 30.3 Å². The normalized spacial score (nSPS) is 19.3. The molecule has 1 heterocycles. The zero-order chi connectivity index (χ0) is 18.5. The van der Waals surface area contributed by atoms with Crippen LogP contribution in [0.3, 0.4) is 0 Å². The van der Waals surface area contributed by atoms with E-state index in [1.54, 1.807) is 27.8 Å². The molecule has 25 heavy (non-hydrogen) atoms. The quantitative estimate of drug-likeness (QED) is 0.643. The summed E-state index contributed by atoms with van der Waals surface area (Å²) in [6.07, 6.45) is 2.21. The Morgan fingerprint density at radius 3 is 2.56 bits per heavy atom. The summed E-state index contributed by atoms with van der Waals surface area (Å²) in [5, 5.41) is 3.22. The van der Waals surface area contributed by atoms with Crippen molar-refractivity contribution in [2.24, 2.45) is 10.9 Å². The fraction of sp³-hybridized carbons (Fsp3) is 0.632. The average molecular weight is 366 g/mol. The van der Waals surface area contributed by atoms with Crippen LogP contribution in [0.5, 0.6) is 0 Å². The van der Waals surface area contributed by atoms with Gasteiger partial charge < -0.3 is 10.2 Å². The van der Waals surface area contributed by atoms with Crippen molar-refractivity contribution < 1.29 is 8.42 Å². The summed E-state index contributed by atoms with van der Waals surface area (Å²) in [4.78, 5) is 6.56. The first-order valence-electron chi connectivity index (χ1n) is 8.95. The maximum Gasteiger partial charge on any atom is 0.193 e. The average Bonchev–Trinajstić information content (AvgIpc) is 2.99. The molecule has 1 unspecified atom stereocenters. The van der Waals surface area contributed by atoms with Gasteiger partial charge in [-0.3, -0.25) is 4.99 Å². The monoisotopic (exact) mass is 365 g/mol. The van der Waals surface area contributed by atoms with E-state index in [-0.39, 0.29) is 5.75 Å². The van der Waals surface area contributed by atoms with Gasteiger partial charge in [0, 0.05) is 26.7 Å². The lowest BCUT2D eigenvalue weighted by atomic mass is 9.99. The number of sulfone groups is 1. The van der Waals surface area contributed by atoms with Crippen molar-refractivity contribution in [3.63, 3.8) is 0 Å². The van der Waals surface area contributed by atoms with E-state index in [9.17, 15) is 8.42 Å². The molecule has 0 spiro atoms. The number of hydrogen-bond acceptors (Lipinski definition) is 3. The topological polar surface area (TPSA) is 61.8 Å². The molecule has 0 aliphatic carbocycles. The number of rotatable bonds is 5. The molecule has 5 nitrogen and oxygen atoms in total. The van der Waals surface area contributed by atoms with Crippen molar-refractivity contribution in [3.05, 3.63) is 35.9 Å². The van der Waals surface area contributed by atoms with Crippen molar-refractivity contribution in [3.8, 4) is 0 Å². The zero-order valence-corrected chi connectivity index (χ0v) is 16.6. The highest BCUT2D eigenvalue weighted by Crippen LogP contribution is 2.21. The van der Waals surface area contributed by atoms with Gasteiger partial charge in [0.15, 0.2) is 15.8 Å². The molecule has 1 aliphatic heterocycles. The van der Waals surface area contributed by atoms with Crippen molar-refractivity contribution >= 4 is 15.8 Å². The summed E-state index contributed by atoms with van der Waals surface area (Å²) in [7, 11) is -1.36. The van der Waals surface area contributed by atoms with Gasteiger partial charge in [0.2, 0.25) is 0 Å². The molecule has 1 aromatic rings. The van der Waals surface area contributed by atoms with Crippen molar-refractivity contribution in [2.45, 2.75) is 38.4 Å². The minimum absolute atomic E-state index is 0.122. The SMILES string of the molecule is CN=C(NCCS(=O)(=O)C(C)(C)C)N1CCC(Cc2ccccc2)C1. The summed E-state index contributed by atoms with van der Waals surface area (Å²) in [5.41, 5.74) is 1.37. The summed E-state index contributed by atoms with van der Waals surface area (Å²) < 4.78 is 23.7. The minimum Gasteiger partial charge on any atom is -0.355 e. The lowest BCUT2D eigenvalue weighted by Gasteiger charge is -2.23. The molecule has 1 aromatic carbocycles. The fourth-order valence-corrected chi connectivity index (χ4v) is 4.06. The predicted molar refractivity (Wildman–Crippen MR) is 105 cm³/mol. The molecule has 1 aliphatic rings. The zero-order valence-electron chi connectivity index (χ0n) is 15.8. The third kappa shape index (κ3) is 5.46. The molecule has 0 radical (unpaired) electrons. The van der Waals surface area contributed by atoms with Crippen LogP contribution in [0.15, 0.2) is 35.3 Å². The van der Waals surface area contributed by atoms with Crippen LogP contribution in [-0.2, 0) is 16.3 Å². The van der Waals surface area contributed by atoms with E-state index in [4.69, 9.17) is 0 Å². The molecule has 0 saturated carbocycles. The third-order valence-corrected chi connectivity index (χ3v) is 7.36. The number of guanidine groups is 1. The molecule has 1 saturated heterocycles. The highest BCUT2D eigenvalue weighted by molar-refractivity contribution is 7.92. The van der Waals surface area contributed by atoms with Crippen LogP contribution in [0.2, 0.25) is 0 Å². The molecule has 1 atom stereocenters. The number of nitrogens with zero attached hydrogens (tertiary/aromatic N) is 2. The smallest absolute Gasteiger partial charge is 0.193 e. The Morgan fingerprint density at radius 1 is 1.28 bits per heavy atom. The van der Waals surface area contributed by atoms with Crippen molar-refractivity contribution in [1.29, 1.82) is 0 Å². The van der Waals surface area contributed by atoms with Crippen LogP contribution in [0.4, 0.5) is 0 Å². The van der Waals surface area contributed by atoms with Gasteiger partial charge in [-0.15, -0.1) is 0 Å². The minimum atomic E-state index is -3.11. The molecule has 0 amide bonds. The van der Waals surface area contributed by atoms with E-state index in [0.717, 1.165) is 31.9 Å². The van der Waals surface area contributed by atoms with Crippen LogP contribution in [-0.4, -0.2) is 56.5 Å². The molecule has 1 N–H and O–H groups in total. The second-order valence-electron chi connectivity index (χ2n) is 7.70. The van der Waals surface area contributed by atoms with Crippen LogP contribution in [0, 0.1) is 5.92 Å². The lowest BCUT2D eigenvalue weighted by Crippen LogP contribution is -2.43. The second-order valence-corrected chi connectivity index (χ2v) is 10.6. The number of likely N-dealkylation sites (tertiary alicyclic amines) is 1. The largest absolute Gasteiger partial charge is 0.355 e. The first kappa shape index (κ1) is 19.8. The second kappa shape index (κ2) is 8.21. The molecule has 0 aromatic heterocycles. The molecule has 2 rings (SSSR count). The molecular formula is C19H31N3O2S. The molecule has 1 fully saturated rings. The third-order valence-electron chi connectivity index (χ3n) is 4.75. The maximum atomic E-state index is 12.2. The predicted octanol–water partition coefficient (Wildman–Crippen LogP) is 2.34.